The third-order valence-electron chi connectivity index (χ3n) is 8.64. The fourth-order valence-corrected chi connectivity index (χ4v) is 7.35. The van der Waals surface area contributed by atoms with Gasteiger partial charge in [-0.1, -0.05) is 13.8 Å². The van der Waals surface area contributed by atoms with Crippen molar-refractivity contribution in [3.63, 3.8) is 0 Å². The van der Waals surface area contributed by atoms with E-state index in [1.54, 1.807) is 20.8 Å². The molecule has 276 valence electrons. The Hall–Kier alpha value is -4.04. The molecule has 0 aliphatic carbocycles. The highest BCUT2D eigenvalue weighted by molar-refractivity contribution is 7.85. The summed E-state index contributed by atoms with van der Waals surface area (Å²) in [5, 5.41) is 43.1. The number of imidazole rings is 2. The predicted octanol–water partition coefficient (Wildman–Crippen LogP) is 0.135. The van der Waals surface area contributed by atoms with Crippen LogP contribution in [0.2, 0.25) is 0 Å². The second kappa shape index (κ2) is 15.5. The lowest BCUT2D eigenvalue weighted by molar-refractivity contribution is -0.118. The van der Waals surface area contributed by atoms with E-state index in [1.807, 2.05) is 6.07 Å². The van der Waals surface area contributed by atoms with Gasteiger partial charge in [-0.15, -0.1) is 0 Å². The Labute approximate surface area is 296 Å². The van der Waals surface area contributed by atoms with Crippen LogP contribution >= 0.6 is 7.82 Å². The van der Waals surface area contributed by atoms with Crippen molar-refractivity contribution in [2.45, 2.75) is 70.2 Å². The minimum atomic E-state index is -4.06. The molecule has 0 spiro atoms. The monoisotopic (exact) mass is 745 g/mol. The van der Waals surface area contributed by atoms with Crippen molar-refractivity contribution in [1.82, 2.24) is 39.0 Å². The number of aromatic nitrogens is 8. The van der Waals surface area contributed by atoms with E-state index in [0.29, 0.717) is 11.2 Å². The number of alkyl halides is 1. The lowest BCUT2D eigenvalue weighted by atomic mass is 9.99. The lowest BCUT2D eigenvalue weighted by Crippen LogP contribution is -2.35. The summed E-state index contributed by atoms with van der Waals surface area (Å²) in [5.41, 5.74) is 0.433. The Balaban J connectivity index is 1.27. The van der Waals surface area contributed by atoms with E-state index in [1.165, 1.54) is 28.1 Å². The molecule has 0 bridgehead atoms. The second-order valence-corrected chi connectivity index (χ2v) is 14.2. The fraction of sp³-hybridized carbons (Fsp3) is 0.586. The minimum absolute atomic E-state index is 0.0426. The molecular weight excluding hydrogens is 709 g/mol. The van der Waals surface area contributed by atoms with Gasteiger partial charge in [-0.25, -0.2) is 24.3 Å². The average molecular weight is 745 g/mol. The fourth-order valence-electron chi connectivity index (χ4n) is 5.85. The van der Waals surface area contributed by atoms with Crippen molar-refractivity contribution in [3.05, 3.63) is 35.0 Å². The van der Waals surface area contributed by atoms with E-state index in [0.717, 1.165) is 0 Å². The molecule has 4 aromatic heterocycles. The zero-order valence-corrected chi connectivity index (χ0v) is 29.0. The van der Waals surface area contributed by atoms with E-state index >= 15 is 4.39 Å². The highest BCUT2D eigenvalue weighted by Gasteiger charge is 2.55. The molecule has 6 rings (SSSR count). The van der Waals surface area contributed by atoms with Crippen LogP contribution in [-0.2, 0) is 27.8 Å². The maximum Gasteiger partial charge on any atom is 0.488 e. The molecule has 3 unspecified atom stereocenters. The number of nitriles is 1. The molecule has 4 aromatic rings. The Morgan fingerprint density at radius 3 is 2.52 bits per heavy atom. The van der Waals surface area contributed by atoms with Crippen molar-refractivity contribution in [2.75, 3.05) is 31.7 Å². The number of anilines is 1. The first-order chi connectivity index (χ1) is 24.9. The van der Waals surface area contributed by atoms with E-state index in [9.17, 15) is 24.9 Å². The number of hydrogen-bond donors (Lipinski definition) is 5. The van der Waals surface area contributed by atoms with Gasteiger partial charge in [-0.2, -0.15) is 23.8 Å². The van der Waals surface area contributed by atoms with Gasteiger partial charge in [0, 0.05) is 11.8 Å². The largest absolute Gasteiger partial charge is 0.488 e. The summed E-state index contributed by atoms with van der Waals surface area (Å²) in [6.45, 7) is 3.05. The van der Waals surface area contributed by atoms with Crippen LogP contribution in [-0.4, -0.2) is 125 Å². The Kier molecular flexibility index (Phi) is 11.3. The van der Waals surface area contributed by atoms with E-state index < -0.39 is 94.0 Å². The summed E-state index contributed by atoms with van der Waals surface area (Å²) in [6, 6.07) is 1.91. The highest BCUT2D eigenvalue weighted by atomic mass is 31.2. The van der Waals surface area contributed by atoms with Crippen LogP contribution in [0.5, 0.6) is 0 Å². The van der Waals surface area contributed by atoms with Crippen LogP contribution in [0.1, 0.15) is 38.4 Å². The smallest absolute Gasteiger partial charge is 0.396 e. The van der Waals surface area contributed by atoms with Gasteiger partial charge < -0.3 is 24.8 Å². The zero-order valence-electron chi connectivity index (χ0n) is 28.1. The first-order valence-corrected chi connectivity index (χ1v) is 17.8. The Morgan fingerprint density at radius 2 is 1.83 bits per heavy atom. The van der Waals surface area contributed by atoms with Crippen molar-refractivity contribution >= 4 is 49.6 Å². The maximum absolute atomic E-state index is 15.5. The molecule has 20 nitrogen and oxygen atoms in total. The summed E-state index contributed by atoms with van der Waals surface area (Å²) in [6.07, 6.45) is -6.13. The van der Waals surface area contributed by atoms with Crippen molar-refractivity contribution in [2.24, 2.45) is 11.8 Å². The van der Waals surface area contributed by atoms with Crippen LogP contribution in [0.25, 0.3) is 22.3 Å². The normalized spacial score (nSPS) is 27.4. The number of H-pyrrole nitrogens is 1. The Morgan fingerprint density at radius 1 is 1.12 bits per heavy atom. The van der Waals surface area contributed by atoms with Crippen LogP contribution < -0.4 is 10.9 Å². The lowest BCUT2D eigenvalue weighted by Gasteiger charge is -2.28. The third kappa shape index (κ3) is 7.28. The molecule has 2 aliphatic heterocycles. The van der Waals surface area contributed by atoms with Gasteiger partial charge in [0.15, 0.2) is 41.5 Å². The first-order valence-electron chi connectivity index (χ1n) is 16.2. The second-order valence-electron chi connectivity index (χ2n) is 12.4. The van der Waals surface area contributed by atoms with Gasteiger partial charge in [-0.3, -0.25) is 29.0 Å². The van der Waals surface area contributed by atoms with Crippen LogP contribution in [0.3, 0.4) is 0 Å². The number of ether oxygens (including phenoxy) is 2. The van der Waals surface area contributed by atoms with Gasteiger partial charge in [-0.05, 0) is 6.92 Å². The van der Waals surface area contributed by atoms with Crippen LogP contribution in [0.15, 0.2) is 23.8 Å². The number of carbonyl (C=O) groups excluding carboxylic acids is 1. The van der Waals surface area contributed by atoms with Gasteiger partial charge in [0.2, 0.25) is 11.9 Å². The van der Waals surface area contributed by atoms with E-state index in [2.05, 4.69) is 35.2 Å². The Bertz CT molecular complexity index is 2010. The molecule has 52 heavy (non-hydrogen) atoms. The molecule has 5 N–H and O–H groups in total. The van der Waals surface area contributed by atoms with E-state index in [-0.39, 0.29) is 35.8 Å². The first kappa shape index (κ1) is 37.7. The number of aliphatic hydroxyl groups is 3. The number of amides is 1. The summed E-state index contributed by atoms with van der Waals surface area (Å²) < 4.78 is 48.0. The number of aryl methyl sites for hydroxylation is 1. The molecule has 0 aromatic carbocycles. The van der Waals surface area contributed by atoms with Crippen LogP contribution in [0.4, 0.5) is 10.3 Å². The van der Waals surface area contributed by atoms with Crippen LogP contribution in [0, 0.1) is 30.1 Å². The average Bonchev–Trinajstić information content (AvgIpc) is 3.88. The van der Waals surface area contributed by atoms with Crippen molar-refractivity contribution in [1.29, 1.82) is 5.26 Å². The molecular formula is C29H36BFN10O10P+. The zero-order chi connectivity index (χ0) is 37.3. The summed E-state index contributed by atoms with van der Waals surface area (Å²) in [4.78, 5) is 48.7. The summed E-state index contributed by atoms with van der Waals surface area (Å²) in [7, 11) is 2.53. The van der Waals surface area contributed by atoms with Gasteiger partial charge in [0.05, 0.1) is 50.2 Å². The molecule has 0 saturated carbocycles. The molecule has 2 radical (unpaired) electrons. The quantitative estimate of drug-likeness (QED) is 0.0652. The molecule has 6 heterocycles. The number of nitrogens with one attached hydrogen (secondary N) is 2. The number of halogens is 1. The SMILES string of the molecule is [B][P+](OCCC#N)(OCC1O[C@@H](n2cnc3c(C)ncnc32)[C@@H](F)[C@H]1O)O[C@@H]1C(n2cnc3c(=O)[nH]c(NC(=O)C(C)C)nc32)O[C@H](CO)[C@@H]1CO. The number of nitrogens with zero attached hydrogens (tertiary/aromatic N) is 8. The molecule has 23 heteroatoms. The third-order valence-corrected chi connectivity index (χ3v) is 10.2. The van der Waals surface area contributed by atoms with Gasteiger partial charge in [0.25, 0.3) is 5.56 Å². The number of aromatic amines is 1. The molecule has 9 atom stereocenters. The predicted molar refractivity (Wildman–Crippen MR) is 178 cm³/mol. The molecule has 2 saturated heterocycles. The standard InChI is InChI=1S/C29H36BFN10O10P/c1-13(2)25(45)38-29-37-24-20(26(46)39-29)36-12-41(24)28-22(15(7-42)16(8-43)49-28)51-52(30,47-6-4-5-32)48-9-17-21(44)18(31)27(50-17)40-11-35-19-14(3)33-10-34-23(19)40/h10-13,15-18,21-22,27-28,42-44H,4,6-9H2,1-3H3,(H2,37,38,39,45,46)/q+1/t15-,16+,17?,18-,21-,22-,27+,28?,52?/m0/s1. The van der Waals surface area contributed by atoms with Gasteiger partial charge >= 0.3 is 15.4 Å². The number of rotatable bonds is 14. The summed E-state index contributed by atoms with van der Waals surface area (Å²) >= 11 is 0. The highest BCUT2D eigenvalue weighted by Crippen LogP contribution is 2.61. The molecule has 1 amide bonds. The van der Waals surface area contributed by atoms with Crippen molar-refractivity contribution < 1.29 is 47.5 Å². The van der Waals surface area contributed by atoms with Gasteiger partial charge in [0.1, 0.15) is 37.3 Å². The topological polar surface area (TPSA) is 267 Å². The number of aliphatic hydroxyl groups excluding tert-OH is 3. The number of hydrogen-bond acceptors (Lipinski definition) is 16. The number of fused-ring (bicyclic) bond motifs is 2. The minimum Gasteiger partial charge on any atom is -0.396 e. The number of carbonyl (C=O) groups is 1. The molecule has 2 aliphatic rings. The van der Waals surface area contributed by atoms with E-state index in [4.69, 9.17) is 35.9 Å². The summed E-state index contributed by atoms with van der Waals surface area (Å²) in [5.74, 6) is -1.97. The molecule has 2 fully saturated rings. The maximum atomic E-state index is 15.5. The van der Waals surface area contributed by atoms with Crippen molar-refractivity contribution in [3.8, 4) is 6.07 Å².